The van der Waals surface area contributed by atoms with Gasteiger partial charge in [-0.05, 0) is 25.5 Å². The summed E-state index contributed by atoms with van der Waals surface area (Å²) in [5.74, 6) is 0. The Hall–Kier alpha value is -3.49. The van der Waals surface area contributed by atoms with E-state index in [0.717, 1.165) is 0 Å². The Morgan fingerprint density at radius 1 is 1.12 bits per heavy atom. The highest BCUT2D eigenvalue weighted by Gasteiger charge is 2.21. The minimum Gasteiger partial charge on any atom is -0.321 e. The maximum absolute atomic E-state index is 12.5. The molecule has 0 spiro atoms. The maximum Gasteiger partial charge on any atom is 0.322 e. The van der Waals surface area contributed by atoms with Crippen molar-refractivity contribution in [3.05, 3.63) is 73.8 Å². The average Bonchev–Trinajstić information content (AvgIpc) is 2.61. The van der Waals surface area contributed by atoms with Crippen LogP contribution in [0.4, 0.5) is 21.9 Å². The minimum absolute atomic E-state index is 0.0577. The molecule has 1 atom stereocenters. The van der Waals surface area contributed by atoms with Gasteiger partial charge in [-0.2, -0.15) is 0 Å². The third-order valence-corrected chi connectivity index (χ3v) is 4.21. The van der Waals surface area contributed by atoms with Crippen LogP contribution in [0.15, 0.2) is 42.5 Å². The number of benzene rings is 2. The number of hydrogen-bond donors (Lipinski definition) is 1. The van der Waals surface area contributed by atoms with Crippen LogP contribution in [0.5, 0.6) is 0 Å². The third kappa shape index (κ3) is 3.94. The first-order valence-corrected chi connectivity index (χ1v) is 7.74. The predicted molar refractivity (Wildman–Crippen MR) is 96.1 cm³/mol. The van der Waals surface area contributed by atoms with Gasteiger partial charge in [0.15, 0.2) is 0 Å². The smallest absolute Gasteiger partial charge is 0.321 e. The molecule has 2 amide bonds. The summed E-state index contributed by atoms with van der Waals surface area (Å²) in [6.45, 7) is 3.29. The fourth-order valence-corrected chi connectivity index (χ4v) is 2.46. The number of anilines is 1. The van der Waals surface area contributed by atoms with Crippen molar-refractivity contribution in [3.8, 4) is 0 Å². The van der Waals surface area contributed by atoms with Crippen molar-refractivity contribution in [2.75, 3.05) is 12.4 Å². The Labute approximate surface area is 149 Å². The van der Waals surface area contributed by atoms with E-state index in [1.54, 1.807) is 39.1 Å². The number of nitrogens with one attached hydrogen (secondary N) is 1. The van der Waals surface area contributed by atoms with E-state index in [9.17, 15) is 25.0 Å². The van der Waals surface area contributed by atoms with Gasteiger partial charge in [0.2, 0.25) is 0 Å². The number of carbonyl (C=O) groups excluding carboxylic acids is 1. The summed E-state index contributed by atoms with van der Waals surface area (Å²) >= 11 is 0. The maximum atomic E-state index is 12.5. The van der Waals surface area contributed by atoms with Crippen molar-refractivity contribution >= 4 is 23.1 Å². The van der Waals surface area contributed by atoms with Gasteiger partial charge in [0.05, 0.1) is 27.1 Å². The van der Waals surface area contributed by atoms with Gasteiger partial charge >= 0.3 is 6.03 Å². The number of rotatable bonds is 5. The highest BCUT2D eigenvalue weighted by molar-refractivity contribution is 5.91. The molecular weight excluding hydrogens is 340 g/mol. The van der Waals surface area contributed by atoms with Crippen molar-refractivity contribution in [1.82, 2.24) is 4.90 Å². The molecule has 0 fully saturated rings. The molecule has 136 valence electrons. The van der Waals surface area contributed by atoms with E-state index < -0.39 is 21.9 Å². The standard InChI is InChI=1S/C17H18N4O5/c1-11-15(8-5-9-16(11)21(25)26)18-17(22)19(3)12(2)13-6-4-7-14(10-13)20(23)24/h4-10,12H,1-3H3,(H,18,22). The Balaban J connectivity index is 2.20. The van der Waals surface area contributed by atoms with Crippen LogP contribution in [0, 0.1) is 27.2 Å². The molecule has 26 heavy (non-hydrogen) atoms. The molecule has 1 unspecified atom stereocenters. The fourth-order valence-electron chi connectivity index (χ4n) is 2.46. The van der Waals surface area contributed by atoms with Gasteiger partial charge in [0.25, 0.3) is 11.4 Å². The number of non-ortho nitro benzene ring substituents is 1. The largest absolute Gasteiger partial charge is 0.322 e. The van der Waals surface area contributed by atoms with Crippen molar-refractivity contribution in [2.45, 2.75) is 19.9 Å². The van der Waals surface area contributed by atoms with Gasteiger partial charge in [-0.3, -0.25) is 20.2 Å². The molecule has 0 bridgehead atoms. The van der Waals surface area contributed by atoms with Crippen LogP contribution in [0.2, 0.25) is 0 Å². The van der Waals surface area contributed by atoms with Gasteiger partial charge in [0, 0.05) is 25.2 Å². The molecular formula is C17H18N4O5. The van der Waals surface area contributed by atoms with Crippen LogP contribution >= 0.6 is 0 Å². The van der Waals surface area contributed by atoms with Gasteiger partial charge < -0.3 is 10.2 Å². The summed E-state index contributed by atoms with van der Waals surface area (Å²) < 4.78 is 0. The fraction of sp³-hybridized carbons (Fsp3) is 0.235. The highest BCUT2D eigenvalue weighted by atomic mass is 16.6. The topological polar surface area (TPSA) is 119 Å². The minimum atomic E-state index is -0.513. The van der Waals surface area contributed by atoms with E-state index >= 15 is 0 Å². The SMILES string of the molecule is Cc1c(NC(=O)N(C)C(C)c2cccc([N+](=O)[O-])c2)cccc1[N+](=O)[O-]. The number of nitro benzene ring substituents is 2. The normalized spacial score (nSPS) is 11.5. The summed E-state index contributed by atoms with van der Waals surface area (Å²) in [4.78, 5) is 34.8. The van der Waals surface area contributed by atoms with Crippen molar-refractivity contribution in [3.63, 3.8) is 0 Å². The lowest BCUT2D eigenvalue weighted by Gasteiger charge is -2.25. The first-order valence-electron chi connectivity index (χ1n) is 7.74. The molecule has 0 heterocycles. The van der Waals surface area contributed by atoms with Crippen molar-refractivity contribution in [2.24, 2.45) is 0 Å². The molecule has 0 radical (unpaired) electrons. The van der Waals surface area contributed by atoms with Crippen LogP contribution in [0.1, 0.15) is 24.1 Å². The Bertz CT molecular complexity index is 868. The number of nitro groups is 2. The first kappa shape index (κ1) is 18.8. The van der Waals surface area contributed by atoms with E-state index in [-0.39, 0.29) is 11.4 Å². The van der Waals surface area contributed by atoms with Gasteiger partial charge in [-0.25, -0.2) is 4.79 Å². The van der Waals surface area contributed by atoms with E-state index in [4.69, 9.17) is 0 Å². The number of amides is 2. The van der Waals surface area contributed by atoms with E-state index in [2.05, 4.69) is 5.32 Å². The molecule has 0 aliphatic heterocycles. The lowest BCUT2D eigenvalue weighted by molar-refractivity contribution is -0.385. The lowest BCUT2D eigenvalue weighted by Crippen LogP contribution is -2.33. The molecule has 2 rings (SSSR count). The van der Waals surface area contributed by atoms with Crippen LogP contribution in [-0.4, -0.2) is 27.8 Å². The van der Waals surface area contributed by atoms with E-state index in [1.165, 1.54) is 29.2 Å². The number of carbonyl (C=O) groups is 1. The molecule has 9 heteroatoms. The van der Waals surface area contributed by atoms with E-state index in [0.29, 0.717) is 16.8 Å². The van der Waals surface area contributed by atoms with Crippen LogP contribution in [0.25, 0.3) is 0 Å². The monoisotopic (exact) mass is 358 g/mol. The van der Waals surface area contributed by atoms with Crippen LogP contribution in [0.3, 0.4) is 0 Å². The molecule has 9 nitrogen and oxygen atoms in total. The molecule has 0 aliphatic rings. The summed E-state index contributed by atoms with van der Waals surface area (Å²) in [7, 11) is 1.55. The summed E-state index contributed by atoms with van der Waals surface area (Å²) in [5.41, 5.74) is 1.15. The molecule has 0 aliphatic carbocycles. The highest BCUT2D eigenvalue weighted by Crippen LogP contribution is 2.27. The van der Waals surface area contributed by atoms with Crippen LogP contribution in [-0.2, 0) is 0 Å². The van der Waals surface area contributed by atoms with Crippen LogP contribution < -0.4 is 5.32 Å². The lowest BCUT2D eigenvalue weighted by atomic mass is 10.1. The zero-order chi connectivity index (χ0) is 19.4. The molecule has 2 aromatic carbocycles. The molecule has 2 aromatic rings. The predicted octanol–water partition coefficient (Wildman–Crippen LogP) is 4.04. The van der Waals surface area contributed by atoms with Gasteiger partial charge in [-0.15, -0.1) is 0 Å². The average molecular weight is 358 g/mol. The third-order valence-electron chi connectivity index (χ3n) is 4.21. The molecule has 0 aromatic heterocycles. The van der Waals surface area contributed by atoms with E-state index in [1.807, 2.05) is 0 Å². The van der Waals surface area contributed by atoms with Crippen molar-refractivity contribution < 1.29 is 14.6 Å². The zero-order valence-electron chi connectivity index (χ0n) is 14.5. The number of nitrogens with zero attached hydrogens (tertiary/aromatic N) is 3. The molecule has 0 saturated heterocycles. The second kappa shape index (κ2) is 7.60. The second-order valence-electron chi connectivity index (χ2n) is 5.78. The summed E-state index contributed by atoms with van der Waals surface area (Å²) in [6, 6.07) is 9.55. The number of hydrogen-bond acceptors (Lipinski definition) is 5. The zero-order valence-corrected chi connectivity index (χ0v) is 14.5. The van der Waals surface area contributed by atoms with Gasteiger partial charge in [-0.1, -0.05) is 18.2 Å². The molecule has 0 saturated carbocycles. The van der Waals surface area contributed by atoms with Crippen molar-refractivity contribution in [1.29, 1.82) is 0 Å². The van der Waals surface area contributed by atoms with Gasteiger partial charge in [0.1, 0.15) is 0 Å². The summed E-state index contributed by atoms with van der Waals surface area (Å²) in [5, 5.41) is 24.5. The Morgan fingerprint density at radius 3 is 2.38 bits per heavy atom. The first-order chi connectivity index (χ1) is 12.2. The molecule has 1 N–H and O–H groups in total. The summed E-state index contributed by atoms with van der Waals surface area (Å²) in [6.07, 6.45) is 0. The second-order valence-corrected chi connectivity index (χ2v) is 5.78. The quantitative estimate of drug-likeness (QED) is 0.639. The Kier molecular flexibility index (Phi) is 5.51. The Morgan fingerprint density at radius 2 is 1.77 bits per heavy atom. The number of urea groups is 1.